The van der Waals surface area contributed by atoms with Crippen LogP contribution >= 0.6 is 0 Å². The molecule has 0 N–H and O–H groups in total. The minimum atomic E-state index is -0.515. The lowest BCUT2D eigenvalue weighted by molar-refractivity contribution is -0.145. The Morgan fingerprint density at radius 1 is 0.312 bits per heavy atom. The van der Waals surface area contributed by atoms with E-state index in [1.165, 1.54) is 0 Å². The van der Waals surface area contributed by atoms with Gasteiger partial charge in [0.1, 0.15) is 0 Å². The second kappa shape index (κ2) is 33.4. The molecule has 0 amide bonds. The number of unbranched alkanes of at least 4 members (excludes halogenated alkanes) is 3. The Morgan fingerprint density at radius 3 is 0.802 bits per heavy atom. The fraction of sp³-hybridized carbons (Fsp3) is 0.273. The van der Waals surface area contributed by atoms with Gasteiger partial charge >= 0.3 is 35.8 Å². The molecule has 10 rings (SSSR count). The third kappa shape index (κ3) is 18.9. The minimum Gasteiger partial charge on any atom is -0.466 e. The summed E-state index contributed by atoms with van der Waals surface area (Å²) in [6, 6.07) is 26.3. The van der Waals surface area contributed by atoms with Crippen molar-refractivity contribution in [1.29, 1.82) is 0 Å². The molecule has 0 aliphatic rings. The van der Waals surface area contributed by atoms with Gasteiger partial charge in [-0.2, -0.15) is 29.9 Å². The molecule has 0 fully saturated rings. The van der Waals surface area contributed by atoms with E-state index in [-0.39, 0.29) is 148 Å². The van der Waals surface area contributed by atoms with Gasteiger partial charge in [0.05, 0.1) is 58.9 Å². The van der Waals surface area contributed by atoms with Gasteiger partial charge in [-0.15, -0.1) is 0 Å². The largest absolute Gasteiger partial charge is 0.466 e. The molecule has 96 heavy (non-hydrogen) atoms. The Balaban J connectivity index is 0.840. The van der Waals surface area contributed by atoms with Gasteiger partial charge in [0.2, 0.25) is 52.6 Å². The fourth-order valence-electron chi connectivity index (χ4n) is 8.89. The molecule has 0 radical (unpaired) electrons. The highest BCUT2D eigenvalue weighted by Gasteiger charge is 2.23. The maximum absolute atomic E-state index is 12.4. The molecule has 0 unspecified atom stereocenters. The molecule has 6 heterocycles. The SMILES string of the molecule is C=CC(=O)OCCCCOC(=O)CCc1nc(-c2cccc(-c3noc(-c4cc(-c5nc(-c6cccc(-c7noc(CCC(=O)OCCCCOC(=O)C=C)n7)c6)no5)cc(-c5nc(-c6cccc(-c7noc(CCC(=O)OCCCCOC(=O)C=C)n7)c6)no5)c4)n3)c2)no1. The zero-order valence-corrected chi connectivity index (χ0v) is 51.5. The number of hydrogen-bond donors (Lipinski definition) is 0. The van der Waals surface area contributed by atoms with E-state index in [2.05, 4.69) is 65.6 Å². The van der Waals surface area contributed by atoms with Gasteiger partial charge in [0, 0.05) is 87.6 Å². The van der Waals surface area contributed by atoms with Gasteiger partial charge in [0.15, 0.2) is 0 Å². The van der Waals surface area contributed by atoms with Crippen LogP contribution in [0.15, 0.2) is 156 Å². The lowest BCUT2D eigenvalue weighted by Crippen LogP contribution is -2.08. The van der Waals surface area contributed by atoms with Crippen LogP contribution in [0.4, 0.5) is 0 Å². The van der Waals surface area contributed by atoms with E-state index in [9.17, 15) is 28.8 Å². The minimum absolute atomic E-state index is 0.000787. The number of ether oxygens (including phenoxy) is 6. The van der Waals surface area contributed by atoms with Gasteiger partial charge in [-0.1, -0.05) is 105 Å². The van der Waals surface area contributed by atoms with E-state index in [1.54, 1.807) is 91.0 Å². The molecule has 30 heteroatoms. The van der Waals surface area contributed by atoms with E-state index in [4.69, 9.17) is 70.5 Å². The van der Waals surface area contributed by atoms with Crippen molar-refractivity contribution in [2.75, 3.05) is 39.6 Å². The highest BCUT2D eigenvalue weighted by Crippen LogP contribution is 2.35. The van der Waals surface area contributed by atoms with Crippen molar-refractivity contribution in [3.63, 3.8) is 0 Å². The van der Waals surface area contributed by atoms with Crippen LogP contribution in [0.2, 0.25) is 0 Å². The topological polar surface area (TPSA) is 391 Å². The number of carbonyl (C=O) groups is 6. The molecule has 10 aromatic rings. The summed E-state index contributed by atoms with van der Waals surface area (Å²) in [7, 11) is 0. The van der Waals surface area contributed by atoms with Crippen LogP contribution in [-0.4, -0.2) is 136 Å². The van der Waals surface area contributed by atoms with Crippen molar-refractivity contribution >= 4 is 35.8 Å². The first kappa shape index (κ1) is 66.7. The molecule has 6 aromatic heterocycles. The molecule has 30 nitrogen and oxygen atoms in total. The summed E-state index contributed by atoms with van der Waals surface area (Å²) >= 11 is 0. The number of rotatable bonds is 36. The van der Waals surface area contributed by atoms with Crippen LogP contribution in [-0.2, 0) is 76.5 Å². The zero-order valence-electron chi connectivity index (χ0n) is 51.5. The zero-order chi connectivity index (χ0) is 67.0. The Bertz CT molecular complexity index is 3920. The highest BCUT2D eigenvalue weighted by molar-refractivity contribution is 5.82. The lowest BCUT2D eigenvalue weighted by Gasteiger charge is -2.04. The molecule has 0 aliphatic carbocycles. The number of aromatic nitrogens is 12. The number of carbonyl (C=O) groups excluding carboxylic acids is 6. The van der Waals surface area contributed by atoms with Crippen molar-refractivity contribution in [1.82, 2.24) is 60.8 Å². The van der Waals surface area contributed by atoms with Crippen LogP contribution in [0.1, 0.15) is 75.5 Å². The van der Waals surface area contributed by atoms with Gasteiger partial charge in [0.25, 0.3) is 17.7 Å². The van der Waals surface area contributed by atoms with Crippen molar-refractivity contribution in [2.24, 2.45) is 0 Å². The first-order valence-corrected chi connectivity index (χ1v) is 30.2. The molecular formula is C66H60N12O18. The standard InChI is InChI=1S/C66H60N12O18/c1-4-52(79)85-28-7-10-31-88-55(82)25-22-49-67-58(73-91-49)40-16-13-19-43(34-40)61-70-64(94-76-61)46-37-47(65-71-62(77-95-65)44-20-14-17-41(35-44)59-68-50(92-74-59)23-26-56(83)89-32-11-8-29-86-53(80)5-2)39-48(38-46)66-72-63(78-96-66)45-21-15-18-42(36-45)60-69-51(93-75-60)24-27-57(84)90-33-12-9-30-87-54(81)6-3/h4-6,13-21,34-39H,1-3,7-12,22-33H2. The smallest absolute Gasteiger partial charge is 0.330 e. The first-order chi connectivity index (χ1) is 46.9. The summed E-state index contributed by atoms with van der Waals surface area (Å²) in [5.74, 6) is -0.597. The third-order valence-electron chi connectivity index (χ3n) is 13.8. The maximum atomic E-state index is 12.4. The molecule has 0 saturated carbocycles. The second-order valence-corrected chi connectivity index (χ2v) is 20.7. The van der Waals surface area contributed by atoms with Crippen molar-refractivity contribution in [3.8, 4) is 103 Å². The molecule has 0 bridgehead atoms. The molecule has 0 aliphatic heterocycles. The van der Waals surface area contributed by atoms with Crippen molar-refractivity contribution in [3.05, 3.63) is 147 Å². The van der Waals surface area contributed by atoms with Gasteiger partial charge in [-0.05, 0) is 74.9 Å². The van der Waals surface area contributed by atoms with E-state index >= 15 is 0 Å². The molecule has 0 spiro atoms. The monoisotopic (exact) mass is 1310 g/mol. The fourth-order valence-corrected chi connectivity index (χ4v) is 8.89. The molecule has 0 atom stereocenters. The molecule has 4 aromatic carbocycles. The normalized spacial score (nSPS) is 11.0. The van der Waals surface area contributed by atoms with Crippen LogP contribution in [0.5, 0.6) is 0 Å². The molecule has 492 valence electrons. The van der Waals surface area contributed by atoms with Gasteiger partial charge in [-0.3, -0.25) is 14.4 Å². The Hall–Kier alpha value is -12.2. The Kier molecular flexibility index (Phi) is 23.2. The van der Waals surface area contributed by atoms with Gasteiger partial charge < -0.3 is 55.6 Å². The summed E-state index contributed by atoms with van der Waals surface area (Å²) in [6.45, 7) is 11.1. The lowest BCUT2D eigenvalue weighted by atomic mass is 10.0. The first-order valence-electron chi connectivity index (χ1n) is 30.2. The summed E-state index contributed by atoms with van der Waals surface area (Å²) in [5, 5.41) is 25.3. The maximum Gasteiger partial charge on any atom is 0.330 e. The summed E-state index contributed by atoms with van der Waals surface area (Å²) in [5.41, 5.74) is 4.50. The molecule has 0 saturated heterocycles. The summed E-state index contributed by atoms with van der Waals surface area (Å²) < 4.78 is 64.8. The Labute approximate surface area is 545 Å². The number of hydrogen-bond acceptors (Lipinski definition) is 30. The number of aryl methyl sites for hydroxylation is 3. The Morgan fingerprint density at radius 2 is 0.542 bits per heavy atom. The van der Waals surface area contributed by atoms with Crippen LogP contribution < -0.4 is 0 Å². The highest BCUT2D eigenvalue weighted by atomic mass is 16.6. The predicted octanol–water partition coefficient (Wildman–Crippen LogP) is 9.94. The van der Waals surface area contributed by atoms with E-state index in [1.807, 2.05) is 0 Å². The average molecular weight is 1310 g/mol. The van der Waals surface area contributed by atoms with Crippen LogP contribution in [0.3, 0.4) is 0 Å². The van der Waals surface area contributed by atoms with Crippen molar-refractivity contribution in [2.45, 2.75) is 77.0 Å². The van der Waals surface area contributed by atoms with Crippen molar-refractivity contribution < 1.29 is 84.3 Å². The molecular weight excluding hydrogens is 1250 g/mol. The predicted molar refractivity (Wildman–Crippen MR) is 332 cm³/mol. The van der Waals surface area contributed by atoms with Gasteiger partial charge in [-0.25, -0.2) is 14.4 Å². The van der Waals surface area contributed by atoms with Crippen LogP contribution in [0, 0.1) is 0 Å². The van der Waals surface area contributed by atoms with E-state index in [0.29, 0.717) is 88.6 Å². The number of nitrogens with zero attached hydrogens (tertiary/aromatic N) is 12. The summed E-state index contributed by atoms with van der Waals surface area (Å²) in [6.07, 6.45) is 6.76. The average Bonchev–Trinajstić information content (AvgIpc) is 1.64. The third-order valence-corrected chi connectivity index (χ3v) is 13.8. The second-order valence-electron chi connectivity index (χ2n) is 20.7. The van der Waals surface area contributed by atoms with E-state index < -0.39 is 35.8 Å². The van der Waals surface area contributed by atoms with E-state index in [0.717, 1.165) is 18.2 Å². The summed E-state index contributed by atoms with van der Waals surface area (Å²) in [4.78, 5) is 98.7. The van der Waals surface area contributed by atoms with Crippen LogP contribution in [0.25, 0.3) is 103 Å². The number of benzene rings is 4. The number of esters is 6. The quantitative estimate of drug-likeness (QED) is 0.0152.